The van der Waals surface area contributed by atoms with Crippen molar-refractivity contribution in [3.8, 4) is 6.07 Å². The minimum absolute atomic E-state index is 0.0198. The molecule has 0 bridgehead atoms. The molecule has 0 spiro atoms. The molecule has 2 aromatic rings. The lowest BCUT2D eigenvalue weighted by atomic mass is 10.1. The standard InChI is InChI=1S/C21H21N3O2/c1-3-24(4-2)21(26)18-10-12-19(13-11-18)23-20(25)14-9-16-5-7-17(15-22)8-6-16/h5-14H,3-4H2,1-2H3,(H,23,25)/b14-9+. The van der Waals surface area contributed by atoms with Crippen molar-refractivity contribution in [3.05, 3.63) is 71.3 Å². The molecule has 0 unspecified atom stereocenters. The van der Waals surface area contributed by atoms with Crippen LogP contribution in [0.25, 0.3) is 6.08 Å². The van der Waals surface area contributed by atoms with Gasteiger partial charge in [-0.15, -0.1) is 0 Å². The van der Waals surface area contributed by atoms with E-state index in [4.69, 9.17) is 5.26 Å². The van der Waals surface area contributed by atoms with Crippen LogP contribution in [0.2, 0.25) is 0 Å². The van der Waals surface area contributed by atoms with E-state index in [0.29, 0.717) is 29.9 Å². The third-order valence-corrected chi connectivity index (χ3v) is 3.92. The first-order valence-corrected chi connectivity index (χ1v) is 8.46. The molecule has 0 saturated heterocycles. The van der Waals surface area contributed by atoms with Crippen LogP contribution in [0.3, 0.4) is 0 Å². The summed E-state index contributed by atoms with van der Waals surface area (Å²) in [7, 11) is 0. The molecule has 2 amide bonds. The Kier molecular flexibility index (Phi) is 6.69. The summed E-state index contributed by atoms with van der Waals surface area (Å²) in [4.78, 5) is 26.0. The Balaban J connectivity index is 1.97. The first-order chi connectivity index (χ1) is 12.6. The van der Waals surface area contributed by atoms with Crippen LogP contribution in [0.1, 0.15) is 35.3 Å². The lowest BCUT2D eigenvalue weighted by molar-refractivity contribution is -0.111. The maximum absolute atomic E-state index is 12.3. The number of carbonyl (C=O) groups excluding carboxylic acids is 2. The maximum atomic E-state index is 12.3. The van der Waals surface area contributed by atoms with Gasteiger partial charge in [0, 0.05) is 30.4 Å². The van der Waals surface area contributed by atoms with Crippen LogP contribution in [-0.2, 0) is 4.79 Å². The van der Waals surface area contributed by atoms with Crippen LogP contribution in [0.15, 0.2) is 54.6 Å². The first kappa shape index (κ1) is 18.9. The topological polar surface area (TPSA) is 73.2 Å². The second-order valence-electron chi connectivity index (χ2n) is 5.61. The van der Waals surface area contributed by atoms with Crippen LogP contribution < -0.4 is 5.32 Å². The van der Waals surface area contributed by atoms with Gasteiger partial charge in [-0.3, -0.25) is 9.59 Å². The number of nitrogens with one attached hydrogen (secondary N) is 1. The van der Waals surface area contributed by atoms with Gasteiger partial charge in [0.25, 0.3) is 5.91 Å². The van der Waals surface area contributed by atoms with E-state index >= 15 is 0 Å². The second-order valence-corrected chi connectivity index (χ2v) is 5.61. The molecule has 26 heavy (non-hydrogen) atoms. The zero-order valence-electron chi connectivity index (χ0n) is 14.9. The van der Waals surface area contributed by atoms with E-state index < -0.39 is 0 Å². The largest absolute Gasteiger partial charge is 0.339 e. The summed E-state index contributed by atoms with van der Waals surface area (Å²) in [5, 5.41) is 11.5. The number of anilines is 1. The van der Waals surface area contributed by atoms with Crippen molar-refractivity contribution in [2.75, 3.05) is 18.4 Å². The number of nitriles is 1. The van der Waals surface area contributed by atoms with Gasteiger partial charge >= 0.3 is 0 Å². The summed E-state index contributed by atoms with van der Waals surface area (Å²) >= 11 is 0. The molecule has 2 rings (SSSR count). The number of benzene rings is 2. The quantitative estimate of drug-likeness (QED) is 0.810. The lowest BCUT2D eigenvalue weighted by Gasteiger charge is -2.18. The highest BCUT2D eigenvalue weighted by Crippen LogP contribution is 2.12. The fourth-order valence-electron chi connectivity index (χ4n) is 2.41. The highest BCUT2D eigenvalue weighted by molar-refractivity contribution is 6.02. The Bertz CT molecular complexity index is 827. The second kappa shape index (κ2) is 9.19. The number of hydrogen-bond acceptors (Lipinski definition) is 3. The molecule has 0 atom stereocenters. The summed E-state index contributed by atoms with van der Waals surface area (Å²) in [6.45, 7) is 5.20. The van der Waals surface area contributed by atoms with Crippen molar-refractivity contribution in [1.82, 2.24) is 4.90 Å². The molecule has 2 aromatic carbocycles. The van der Waals surface area contributed by atoms with Crippen LogP contribution in [0.4, 0.5) is 5.69 Å². The van der Waals surface area contributed by atoms with Gasteiger partial charge in [-0.05, 0) is 61.9 Å². The summed E-state index contributed by atoms with van der Waals surface area (Å²) in [5.41, 5.74) is 2.63. The molecule has 0 aliphatic heterocycles. The van der Waals surface area contributed by atoms with Crippen molar-refractivity contribution in [3.63, 3.8) is 0 Å². The summed E-state index contributed by atoms with van der Waals surface area (Å²) in [6, 6.07) is 15.8. The Morgan fingerprint density at radius 2 is 1.65 bits per heavy atom. The Hall–Kier alpha value is -3.39. The average Bonchev–Trinajstić information content (AvgIpc) is 2.68. The van der Waals surface area contributed by atoms with Gasteiger partial charge in [0.2, 0.25) is 5.91 Å². The van der Waals surface area contributed by atoms with E-state index in [1.807, 2.05) is 19.9 Å². The van der Waals surface area contributed by atoms with Gasteiger partial charge < -0.3 is 10.2 Å². The molecule has 0 aromatic heterocycles. The Morgan fingerprint density at radius 3 is 2.19 bits per heavy atom. The average molecular weight is 347 g/mol. The highest BCUT2D eigenvalue weighted by atomic mass is 16.2. The van der Waals surface area contributed by atoms with Gasteiger partial charge in [0.15, 0.2) is 0 Å². The number of hydrogen-bond donors (Lipinski definition) is 1. The molecule has 0 fully saturated rings. The molecule has 0 aliphatic carbocycles. The van der Waals surface area contributed by atoms with Crippen molar-refractivity contribution in [2.24, 2.45) is 0 Å². The third-order valence-electron chi connectivity index (χ3n) is 3.92. The molecule has 0 radical (unpaired) electrons. The van der Waals surface area contributed by atoms with Crippen molar-refractivity contribution in [1.29, 1.82) is 5.26 Å². The third kappa shape index (κ3) is 5.05. The molecule has 5 heteroatoms. The molecule has 0 saturated carbocycles. The van der Waals surface area contributed by atoms with E-state index in [-0.39, 0.29) is 11.8 Å². The normalized spacial score (nSPS) is 10.3. The molecule has 1 N–H and O–H groups in total. The zero-order chi connectivity index (χ0) is 18.9. The minimum Gasteiger partial charge on any atom is -0.339 e. The molecular formula is C21H21N3O2. The lowest BCUT2D eigenvalue weighted by Crippen LogP contribution is -2.30. The summed E-state index contributed by atoms with van der Waals surface area (Å²) < 4.78 is 0. The van der Waals surface area contributed by atoms with Crippen LogP contribution in [0, 0.1) is 11.3 Å². The molecular weight excluding hydrogens is 326 g/mol. The molecule has 0 heterocycles. The number of rotatable bonds is 6. The van der Waals surface area contributed by atoms with Crippen LogP contribution in [-0.4, -0.2) is 29.8 Å². The van der Waals surface area contributed by atoms with E-state index in [0.717, 1.165) is 5.56 Å². The smallest absolute Gasteiger partial charge is 0.253 e. The van der Waals surface area contributed by atoms with Gasteiger partial charge in [-0.2, -0.15) is 5.26 Å². The molecule has 5 nitrogen and oxygen atoms in total. The predicted octanol–water partition coefficient (Wildman–Crippen LogP) is 3.69. The fraction of sp³-hybridized carbons (Fsp3) is 0.190. The number of amides is 2. The SMILES string of the molecule is CCN(CC)C(=O)c1ccc(NC(=O)/C=C/c2ccc(C#N)cc2)cc1. The van der Waals surface area contributed by atoms with Crippen molar-refractivity contribution in [2.45, 2.75) is 13.8 Å². The zero-order valence-corrected chi connectivity index (χ0v) is 14.9. The van der Waals surface area contributed by atoms with Gasteiger partial charge in [-0.1, -0.05) is 12.1 Å². The van der Waals surface area contributed by atoms with E-state index in [2.05, 4.69) is 5.32 Å². The fourth-order valence-corrected chi connectivity index (χ4v) is 2.41. The number of carbonyl (C=O) groups is 2. The van der Waals surface area contributed by atoms with Gasteiger partial charge in [0.1, 0.15) is 0 Å². The van der Waals surface area contributed by atoms with Crippen LogP contribution >= 0.6 is 0 Å². The van der Waals surface area contributed by atoms with E-state index in [1.165, 1.54) is 6.08 Å². The number of nitrogens with zero attached hydrogens (tertiary/aromatic N) is 2. The molecule has 0 aliphatic rings. The maximum Gasteiger partial charge on any atom is 0.253 e. The summed E-state index contributed by atoms with van der Waals surface area (Å²) in [5.74, 6) is -0.286. The Morgan fingerprint density at radius 1 is 1.04 bits per heavy atom. The summed E-state index contributed by atoms with van der Waals surface area (Å²) in [6.07, 6.45) is 3.10. The predicted molar refractivity (Wildman–Crippen MR) is 103 cm³/mol. The van der Waals surface area contributed by atoms with Crippen molar-refractivity contribution < 1.29 is 9.59 Å². The monoisotopic (exact) mass is 347 g/mol. The van der Waals surface area contributed by atoms with Crippen LogP contribution in [0.5, 0.6) is 0 Å². The van der Waals surface area contributed by atoms with Crippen molar-refractivity contribution >= 4 is 23.6 Å². The van der Waals surface area contributed by atoms with Gasteiger partial charge in [-0.25, -0.2) is 0 Å². The Labute approximate surface area is 153 Å². The first-order valence-electron chi connectivity index (χ1n) is 8.46. The van der Waals surface area contributed by atoms with E-state index in [9.17, 15) is 9.59 Å². The minimum atomic E-state index is -0.267. The van der Waals surface area contributed by atoms with Gasteiger partial charge in [0.05, 0.1) is 11.6 Å². The molecule has 132 valence electrons. The van der Waals surface area contributed by atoms with E-state index in [1.54, 1.807) is 59.5 Å². The highest BCUT2D eigenvalue weighted by Gasteiger charge is 2.12.